The molecule has 7 rings (SSSR count). The van der Waals surface area contributed by atoms with Crippen molar-refractivity contribution in [3.63, 3.8) is 0 Å². The topological polar surface area (TPSA) is 108 Å². The van der Waals surface area contributed by atoms with Crippen LogP contribution in [0.15, 0.2) is 114 Å². The van der Waals surface area contributed by atoms with Crippen LogP contribution in [0.3, 0.4) is 0 Å². The number of benzene rings is 4. The first-order valence-electron chi connectivity index (χ1n) is 13.3. The Hall–Kier alpha value is -4.70. The molecule has 0 unspecified atom stereocenters. The van der Waals surface area contributed by atoms with Crippen molar-refractivity contribution in [3.8, 4) is 28.5 Å². The lowest BCUT2D eigenvalue weighted by Crippen LogP contribution is -2.06. The van der Waals surface area contributed by atoms with Gasteiger partial charge in [-0.25, -0.2) is 19.3 Å². The maximum atomic E-state index is 14.0. The summed E-state index contributed by atoms with van der Waals surface area (Å²) in [6, 6.07) is 31.1. The number of para-hydroxylation sites is 1. The van der Waals surface area contributed by atoms with E-state index in [0.717, 1.165) is 16.5 Å². The molecule has 11 heteroatoms. The van der Waals surface area contributed by atoms with E-state index in [0.29, 0.717) is 39.2 Å². The standard InChI is InChI=1S/C32H24NO9P/c34-43(41-38-18-22-9-3-1-4-10-22,42-39-19-23-11-5-2-6-12-23)40-30-16-28(26-20-35-29-14-8-7-13-24(26)29)33-27-17-32-31(15-25(27)30)36-21-37-32/h1-17,20H,18-19,21H2. The number of fused-ring (bicyclic) bond motifs is 3. The Morgan fingerprint density at radius 2 is 1.35 bits per heavy atom. The van der Waals surface area contributed by atoms with Gasteiger partial charge in [0.2, 0.25) is 6.79 Å². The van der Waals surface area contributed by atoms with E-state index >= 15 is 0 Å². The Bertz CT molecular complexity index is 1880. The van der Waals surface area contributed by atoms with Gasteiger partial charge in [0.1, 0.15) is 30.8 Å². The van der Waals surface area contributed by atoms with Crippen LogP contribution in [-0.4, -0.2) is 11.8 Å². The lowest BCUT2D eigenvalue weighted by atomic mass is 10.1. The first-order valence-corrected chi connectivity index (χ1v) is 14.8. The van der Waals surface area contributed by atoms with Crippen molar-refractivity contribution in [1.82, 2.24) is 4.98 Å². The summed E-state index contributed by atoms with van der Waals surface area (Å²) < 4.78 is 47.6. The molecule has 0 aliphatic carbocycles. The van der Waals surface area contributed by atoms with Gasteiger partial charge < -0.3 is 18.4 Å². The summed E-state index contributed by atoms with van der Waals surface area (Å²) in [6.45, 7) is 0.0307. The van der Waals surface area contributed by atoms with Gasteiger partial charge in [-0.1, -0.05) is 78.9 Å². The third-order valence-corrected chi connectivity index (χ3v) is 7.65. The minimum Gasteiger partial charge on any atom is -0.464 e. The van der Waals surface area contributed by atoms with E-state index in [1.807, 2.05) is 84.9 Å². The molecule has 1 aliphatic heterocycles. The van der Waals surface area contributed by atoms with Gasteiger partial charge >= 0.3 is 7.82 Å². The quantitative estimate of drug-likeness (QED) is 0.0824. The number of nitrogens with zero attached hydrogens (tertiary/aromatic N) is 1. The average molecular weight is 598 g/mol. The van der Waals surface area contributed by atoms with Crippen LogP contribution in [0.25, 0.3) is 33.1 Å². The molecular weight excluding hydrogens is 573 g/mol. The van der Waals surface area contributed by atoms with Gasteiger partial charge in [0.05, 0.1) is 11.2 Å². The highest BCUT2D eigenvalue weighted by Crippen LogP contribution is 2.53. The Balaban J connectivity index is 1.25. The van der Waals surface area contributed by atoms with E-state index in [9.17, 15) is 4.57 Å². The molecule has 0 saturated carbocycles. The summed E-state index contributed by atoms with van der Waals surface area (Å²) in [5, 5.41) is 1.31. The third kappa shape index (κ3) is 5.96. The zero-order valence-corrected chi connectivity index (χ0v) is 23.5. The van der Waals surface area contributed by atoms with Crippen LogP contribution in [0.5, 0.6) is 17.2 Å². The monoisotopic (exact) mass is 597 g/mol. The van der Waals surface area contributed by atoms with E-state index in [1.54, 1.807) is 24.5 Å². The first-order chi connectivity index (χ1) is 21.1. The van der Waals surface area contributed by atoms with Gasteiger partial charge in [0, 0.05) is 28.5 Å². The van der Waals surface area contributed by atoms with Crippen LogP contribution in [0.2, 0.25) is 0 Å². The fourth-order valence-corrected chi connectivity index (χ4v) is 5.45. The van der Waals surface area contributed by atoms with Gasteiger partial charge in [-0.05, 0) is 23.3 Å². The fourth-order valence-electron chi connectivity index (χ4n) is 4.60. The lowest BCUT2D eigenvalue weighted by Gasteiger charge is -2.18. The van der Waals surface area contributed by atoms with Gasteiger partial charge in [0.25, 0.3) is 0 Å². The number of ether oxygens (including phenoxy) is 2. The zero-order chi connectivity index (χ0) is 29.1. The molecule has 0 N–H and O–H groups in total. The Morgan fingerprint density at radius 3 is 2.05 bits per heavy atom. The summed E-state index contributed by atoms with van der Waals surface area (Å²) in [4.78, 5) is 15.5. The minimum atomic E-state index is -4.55. The molecule has 10 nitrogen and oxygen atoms in total. The van der Waals surface area contributed by atoms with Crippen LogP contribution in [0, 0.1) is 0 Å². The fraction of sp³-hybridized carbons (Fsp3) is 0.0938. The van der Waals surface area contributed by atoms with E-state index in [2.05, 4.69) is 0 Å². The smallest absolute Gasteiger partial charge is 0.464 e. The molecule has 0 amide bonds. The van der Waals surface area contributed by atoms with E-state index in [1.165, 1.54) is 0 Å². The first kappa shape index (κ1) is 27.2. The van der Waals surface area contributed by atoms with Crippen LogP contribution in [-0.2, 0) is 36.9 Å². The Labute approximate surface area is 245 Å². The predicted molar refractivity (Wildman–Crippen MR) is 156 cm³/mol. The van der Waals surface area contributed by atoms with Crippen LogP contribution in [0.4, 0.5) is 0 Å². The molecular formula is C32H24NO9P. The highest BCUT2D eigenvalue weighted by Gasteiger charge is 2.34. The highest BCUT2D eigenvalue weighted by atomic mass is 31.2. The zero-order valence-electron chi connectivity index (χ0n) is 22.6. The molecule has 3 heterocycles. The number of furan rings is 1. The number of hydrogen-bond acceptors (Lipinski definition) is 10. The van der Waals surface area contributed by atoms with Crippen molar-refractivity contribution in [2.24, 2.45) is 0 Å². The number of hydrogen-bond donors (Lipinski definition) is 0. The predicted octanol–water partition coefficient (Wildman–Crippen LogP) is 8.16. The summed E-state index contributed by atoms with van der Waals surface area (Å²) in [6.07, 6.45) is 1.61. The maximum Gasteiger partial charge on any atom is 0.585 e. The average Bonchev–Trinajstić information content (AvgIpc) is 3.68. The molecule has 216 valence electrons. The summed E-state index contributed by atoms with van der Waals surface area (Å²) in [5.41, 5.74) is 3.95. The second-order valence-corrected chi connectivity index (χ2v) is 10.9. The van der Waals surface area contributed by atoms with Gasteiger partial charge in [0.15, 0.2) is 11.5 Å². The summed E-state index contributed by atoms with van der Waals surface area (Å²) in [7, 11) is -4.55. The molecule has 43 heavy (non-hydrogen) atoms. The molecule has 0 radical (unpaired) electrons. The molecule has 0 fully saturated rings. The van der Waals surface area contributed by atoms with Crippen molar-refractivity contribution in [3.05, 3.63) is 121 Å². The largest absolute Gasteiger partial charge is 0.585 e. The molecule has 2 aromatic heterocycles. The van der Waals surface area contributed by atoms with Crippen molar-refractivity contribution in [2.45, 2.75) is 13.2 Å². The third-order valence-electron chi connectivity index (χ3n) is 6.66. The second kappa shape index (κ2) is 11.9. The van der Waals surface area contributed by atoms with Crippen molar-refractivity contribution in [1.29, 1.82) is 0 Å². The number of pyridine rings is 1. The molecule has 1 aliphatic rings. The summed E-state index contributed by atoms with van der Waals surface area (Å²) >= 11 is 0. The van der Waals surface area contributed by atoms with Crippen LogP contribution >= 0.6 is 7.82 Å². The minimum absolute atomic E-state index is 0.0156. The molecule has 0 atom stereocenters. The molecule has 6 aromatic rings. The van der Waals surface area contributed by atoms with Gasteiger partial charge in [-0.3, -0.25) is 0 Å². The normalized spacial score (nSPS) is 12.7. The van der Waals surface area contributed by atoms with Crippen molar-refractivity contribution in [2.75, 3.05) is 6.79 Å². The number of phosphoric acid groups is 1. The molecule has 4 aromatic carbocycles. The molecule has 0 saturated heterocycles. The van der Waals surface area contributed by atoms with Crippen molar-refractivity contribution >= 4 is 29.7 Å². The SMILES string of the molecule is O=P(OOCc1ccccc1)(OOCc1ccccc1)Oc1cc(-c2coc3ccccc23)nc2cc3c(cc12)OCO3. The van der Waals surface area contributed by atoms with E-state index in [4.69, 9.17) is 42.5 Å². The van der Waals surface area contributed by atoms with Crippen molar-refractivity contribution < 1.29 is 42.1 Å². The molecule has 0 bridgehead atoms. The second-order valence-electron chi connectivity index (χ2n) is 9.56. The van der Waals surface area contributed by atoms with E-state index < -0.39 is 7.82 Å². The lowest BCUT2D eigenvalue weighted by molar-refractivity contribution is -0.287. The highest BCUT2D eigenvalue weighted by molar-refractivity contribution is 7.48. The maximum absolute atomic E-state index is 14.0. The Kier molecular flexibility index (Phi) is 7.51. The summed E-state index contributed by atoms with van der Waals surface area (Å²) in [5.74, 6) is 1.13. The van der Waals surface area contributed by atoms with Gasteiger partial charge in [-0.2, -0.15) is 0 Å². The van der Waals surface area contributed by atoms with Crippen LogP contribution < -0.4 is 14.0 Å². The number of aromatic nitrogens is 1. The van der Waals surface area contributed by atoms with Gasteiger partial charge in [-0.15, -0.1) is 9.35 Å². The Morgan fingerprint density at radius 1 is 0.721 bits per heavy atom. The number of rotatable bonds is 11. The van der Waals surface area contributed by atoms with Crippen LogP contribution in [0.1, 0.15) is 11.1 Å². The van der Waals surface area contributed by atoms with E-state index in [-0.39, 0.29) is 25.8 Å². The molecule has 0 spiro atoms.